The molecular weight excluding hydrogens is 282 g/mol. The summed E-state index contributed by atoms with van der Waals surface area (Å²) in [5.74, 6) is 1.98. The monoisotopic (exact) mass is 305 g/mol. The standard InChI is InChI=1S/C17H23NO4/c1-20-13-5-6-15(16(9-13)21-2)17(19)18-8-7-14(10-18)22-11-12-3-4-12/h5-6,9,12,14H,3-4,7-8,10-11H2,1-2H3. The zero-order chi connectivity index (χ0) is 15.5. The van der Waals surface area contributed by atoms with Gasteiger partial charge in [-0.1, -0.05) is 0 Å². The number of likely N-dealkylation sites (tertiary alicyclic amines) is 1. The highest BCUT2D eigenvalue weighted by molar-refractivity contribution is 5.97. The Kier molecular flexibility index (Phi) is 4.52. The molecule has 2 fully saturated rings. The summed E-state index contributed by atoms with van der Waals surface area (Å²) in [6.45, 7) is 2.25. The first-order valence-corrected chi connectivity index (χ1v) is 7.84. The van der Waals surface area contributed by atoms with E-state index in [9.17, 15) is 4.79 Å². The third kappa shape index (κ3) is 3.35. The summed E-state index contributed by atoms with van der Waals surface area (Å²) in [5.41, 5.74) is 0.575. The van der Waals surface area contributed by atoms with Crippen molar-refractivity contribution in [3.8, 4) is 11.5 Å². The van der Waals surface area contributed by atoms with Gasteiger partial charge in [-0.05, 0) is 37.3 Å². The van der Waals surface area contributed by atoms with Crippen LogP contribution in [0.15, 0.2) is 18.2 Å². The van der Waals surface area contributed by atoms with Crippen LogP contribution >= 0.6 is 0 Å². The van der Waals surface area contributed by atoms with E-state index in [2.05, 4.69) is 0 Å². The van der Waals surface area contributed by atoms with E-state index >= 15 is 0 Å². The second kappa shape index (κ2) is 6.57. The summed E-state index contributed by atoms with van der Waals surface area (Å²) in [4.78, 5) is 14.5. The van der Waals surface area contributed by atoms with Crippen molar-refractivity contribution < 1.29 is 19.0 Å². The predicted molar refractivity (Wildman–Crippen MR) is 82.5 cm³/mol. The molecule has 5 heteroatoms. The van der Waals surface area contributed by atoms with Gasteiger partial charge in [0, 0.05) is 25.8 Å². The van der Waals surface area contributed by atoms with E-state index in [1.54, 1.807) is 32.4 Å². The molecule has 0 bridgehead atoms. The summed E-state index contributed by atoms with van der Waals surface area (Å²) in [6, 6.07) is 5.29. The van der Waals surface area contributed by atoms with E-state index < -0.39 is 0 Å². The van der Waals surface area contributed by atoms with Gasteiger partial charge in [-0.3, -0.25) is 4.79 Å². The van der Waals surface area contributed by atoms with Gasteiger partial charge in [0.1, 0.15) is 11.5 Å². The Labute approximate surface area is 131 Å². The molecule has 1 saturated carbocycles. The Morgan fingerprint density at radius 1 is 1.23 bits per heavy atom. The number of nitrogens with zero attached hydrogens (tertiary/aromatic N) is 1. The topological polar surface area (TPSA) is 48.0 Å². The van der Waals surface area contributed by atoms with E-state index in [0.717, 1.165) is 25.5 Å². The fourth-order valence-corrected chi connectivity index (χ4v) is 2.75. The van der Waals surface area contributed by atoms with Crippen LogP contribution in [0.2, 0.25) is 0 Å². The van der Waals surface area contributed by atoms with Gasteiger partial charge in [-0.15, -0.1) is 0 Å². The summed E-state index contributed by atoms with van der Waals surface area (Å²) < 4.78 is 16.4. The summed E-state index contributed by atoms with van der Waals surface area (Å²) in [7, 11) is 3.16. The maximum atomic E-state index is 12.7. The van der Waals surface area contributed by atoms with Crippen LogP contribution in [0.25, 0.3) is 0 Å². The first kappa shape index (κ1) is 15.2. The molecule has 1 aliphatic carbocycles. The fraction of sp³-hybridized carbons (Fsp3) is 0.588. The van der Waals surface area contributed by atoms with Gasteiger partial charge in [-0.2, -0.15) is 0 Å². The Morgan fingerprint density at radius 3 is 2.73 bits per heavy atom. The highest BCUT2D eigenvalue weighted by atomic mass is 16.5. The number of methoxy groups -OCH3 is 2. The number of carbonyl (C=O) groups excluding carboxylic acids is 1. The summed E-state index contributed by atoms with van der Waals surface area (Å²) in [6.07, 6.45) is 3.67. The number of amides is 1. The molecule has 1 aliphatic heterocycles. The van der Waals surface area contributed by atoms with E-state index in [1.165, 1.54) is 12.8 Å². The molecule has 1 aromatic carbocycles. The zero-order valence-corrected chi connectivity index (χ0v) is 13.2. The van der Waals surface area contributed by atoms with Crippen molar-refractivity contribution in [3.63, 3.8) is 0 Å². The predicted octanol–water partition coefficient (Wildman–Crippen LogP) is 2.34. The molecule has 1 amide bonds. The third-order valence-electron chi connectivity index (χ3n) is 4.34. The van der Waals surface area contributed by atoms with Crippen LogP contribution in [-0.4, -0.2) is 50.8 Å². The minimum Gasteiger partial charge on any atom is -0.497 e. The Morgan fingerprint density at radius 2 is 2.05 bits per heavy atom. The molecule has 1 aromatic rings. The first-order valence-electron chi connectivity index (χ1n) is 7.84. The number of carbonyl (C=O) groups is 1. The molecule has 0 N–H and O–H groups in total. The molecular formula is C17H23NO4. The van der Waals surface area contributed by atoms with Gasteiger partial charge in [-0.25, -0.2) is 0 Å². The average Bonchev–Trinajstić information content (AvgIpc) is 3.27. The number of ether oxygens (including phenoxy) is 3. The smallest absolute Gasteiger partial charge is 0.257 e. The average molecular weight is 305 g/mol. The second-order valence-corrected chi connectivity index (χ2v) is 6.00. The quantitative estimate of drug-likeness (QED) is 0.809. The summed E-state index contributed by atoms with van der Waals surface area (Å²) >= 11 is 0. The number of hydrogen-bond acceptors (Lipinski definition) is 4. The van der Waals surface area contributed by atoms with Crippen LogP contribution in [0.3, 0.4) is 0 Å². The molecule has 0 spiro atoms. The molecule has 0 aromatic heterocycles. The van der Waals surface area contributed by atoms with Gasteiger partial charge in [0.05, 0.1) is 25.9 Å². The van der Waals surface area contributed by atoms with E-state index in [1.807, 2.05) is 4.90 Å². The van der Waals surface area contributed by atoms with Crippen molar-refractivity contribution in [1.29, 1.82) is 0 Å². The van der Waals surface area contributed by atoms with Crippen molar-refractivity contribution in [2.75, 3.05) is 33.9 Å². The van der Waals surface area contributed by atoms with E-state index in [0.29, 0.717) is 23.6 Å². The van der Waals surface area contributed by atoms with Crippen LogP contribution in [0.1, 0.15) is 29.6 Å². The van der Waals surface area contributed by atoms with Crippen molar-refractivity contribution in [2.24, 2.45) is 5.92 Å². The maximum absolute atomic E-state index is 12.7. The minimum atomic E-state index is -0.00275. The van der Waals surface area contributed by atoms with Crippen molar-refractivity contribution in [2.45, 2.75) is 25.4 Å². The molecule has 5 nitrogen and oxygen atoms in total. The minimum absolute atomic E-state index is 0.00275. The van der Waals surface area contributed by atoms with Crippen LogP contribution in [0.4, 0.5) is 0 Å². The fourth-order valence-electron chi connectivity index (χ4n) is 2.75. The SMILES string of the molecule is COc1ccc(C(=O)N2CCC(OCC3CC3)C2)c(OC)c1. The Hall–Kier alpha value is -1.75. The molecule has 3 rings (SSSR count). The van der Waals surface area contributed by atoms with E-state index in [-0.39, 0.29) is 12.0 Å². The molecule has 22 heavy (non-hydrogen) atoms. The third-order valence-corrected chi connectivity index (χ3v) is 4.34. The lowest BCUT2D eigenvalue weighted by atomic mass is 10.1. The van der Waals surface area contributed by atoms with Gasteiger partial charge >= 0.3 is 0 Å². The first-order chi connectivity index (χ1) is 10.7. The molecule has 2 aliphatic rings. The molecule has 120 valence electrons. The lowest BCUT2D eigenvalue weighted by molar-refractivity contribution is 0.0479. The van der Waals surface area contributed by atoms with Crippen LogP contribution < -0.4 is 9.47 Å². The number of benzene rings is 1. The van der Waals surface area contributed by atoms with Crippen LogP contribution in [0, 0.1) is 5.92 Å². The van der Waals surface area contributed by atoms with Crippen molar-refractivity contribution >= 4 is 5.91 Å². The highest BCUT2D eigenvalue weighted by Gasteiger charge is 2.31. The summed E-state index contributed by atoms with van der Waals surface area (Å²) in [5, 5.41) is 0. The Bertz CT molecular complexity index is 541. The molecule has 1 heterocycles. The second-order valence-electron chi connectivity index (χ2n) is 6.00. The van der Waals surface area contributed by atoms with Crippen LogP contribution in [-0.2, 0) is 4.74 Å². The normalized spacial score (nSPS) is 21.0. The molecule has 1 atom stereocenters. The highest BCUT2D eigenvalue weighted by Crippen LogP contribution is 2.31. The van der Waals surface area contributed by atoms with Gasteiger partial charge in [0.25, 0.3) is 5.91 Å². The molecule has 1 unspecified atom stereocenters. The lowest BCUT2D eigenvalue weighted by Gasteiger charge is -2.18. The van der Waals surface area contributed by atoms with Gasteiger partial charge in [0.2, 0.25) is 0 Å². The van der Waals surface area contributed by atoms with E-state index in [4.69, 9.17) is 14.2 Å². The van der Waals surface area contributed by atoms with Crippen molar-refractivity contribution in [3.05, 3.63) is 23.8 Å². The Balaban J connectivity index is 1.63. The number of hydrogen-bond donors (Lipinski definition) is 0. The largest absolute Gasteiger partial charge is 0.497 e. The maximum Gasteiger partial charge on any atom is 0.257 e. The molecule has 1 saturated heterocycles. The van der Waals surface area contributed by atoms with Crippen LogP contribution in [0.5, 0.6) is 11.5 Å². The number of rotatable bonds is 6. The zero-order valence-electron chi connectivity index (χ0n) is 13.2. The molecule has 0 radical (unpaired) electrons. The van der Waals surface area contributed by atoms with Gasteiger partial charge in [0.15, 0.2) is 0 Å². The lowest BCUT2D eigenvalue weighted by Crippen LogP contribution is -2.30. The van der Waals surface area contributed by atoms with Gasteiger partial charge < -0.3 is 19.1 Å². The van der Waals surface area contributed by atoms with Crippen molar-refractivity contribution in [1.82, 2.24) is 4.90 Å².